The fourth-order valence-electron chi connectivity index (χ4n) is 2.00. The van der Waals surface area contributed by atoms with Gasteiger partial charge in [-0.15, -0.1) is 0 Å². The Kier molecular flexibility index (Phi) is 8.26. The third-order valence-electron chi connectivity index (χ3n) is 2.90. The second kappa shape index (κ2) is 8.57. The van der Waals surface area contributed by atoms with Crippen LogP contribution < -0.4 is 0 Å². The highest BCUT2D eigenvalue weighted by Gasteiger charge is 2.22. The molecule has 0 N–H and O–H groups in total. The summed E-state index contributed by atoms with van der Waals surface area (Å²) in [6.07, 6.45) is 3.67. The van der Waals surface area contributed by atoms with E-state index in [2.05, 4.69) is 6.92 Å². The maximum absolute atomic E-state index is 11.8. The Morgan fingerprint density at radius 3 is 2.50 bits per heavy atom. The third-order valence-corrected chi connectivity index (χ3v) is 2.90. The van der Waals surface area contributed by atoms with Gasteiger partial charge < -0.3 is 9.80 Å². The van der Waals surface area contributed by atoms with E-state index in [1.807, 2.05) is 37.7 Å². The molecule has 0 aliphatic carbocycles. The number of rotatable bonds is 3. The van der Waals surface area contributed by atoms with E-state index in [0.717, 1.165) is 19.0 Å². The van der Waals surface area contributed by atoms with Crippen molar-refractivity contribution in [2.45, 2.75) is 40.0 Å². The van der Waals surface area contributed by atoms with E-state index in [1.54, 1.807) is 0 Å². The smallest absolute Gasteiger partial charge is 0.236 e. The summed E-state index contributed by atoms with van der Waals surface area (Å²) < 4.78 is 0. The van der Waals surface area contributed by atoms with Gasteiger partial charge in [0.25, 0.3) is 0 Å². The zero-order chi connectivity index (χ0) is 12.6. The van der Waals surface area contributed by atoms with Gasteiger partial charge in [-0.25, -0.2) is 0 Å². The van der Waals surface area contributed by atoms with Gasteiger partial charge in [-0.2, -0.15) is 0 Å². The first-order valence-electron chi connectivity index (χ1n) is 6.56. The molecule has 0 saturated carbocycles. The Morgan fingerprint density at radius 1 is 1.38 bits per heavy atom. The third kappa shape index (κ3) is 5.50. The van der Waals surface area contributed by atoms with E-state index >= 15 is 0 Å². The van der Waals surface area contributed by atoms with Crippen LogP contribution in [0.5, 0.6) is 0 Å². The molecule has 1 atom stereocenters. The predicted octanol–water partition coefficient (Wildman–Crippen LogP) is 2.22. The summed E-state index contributed by atoms with van der Waals surface area (Å²) in [5, 5.41) is 0. The molecule has 3 heteroatoms. The molecule has 1 rings (SSSR count). The molecule has 1 aliphatic heterocycles. The van der Waals surface area contributed by atoms with Crippen molar-refractivity contribution in [3.05, 3.63) is 0 Å². The van der Waals surface area contributed by atoms with Crippen LogP contribution in [0.3, 0.4) is 0 Å². The highest BCUT2D eigenvalue weighted by atomic mass is 16.2. The monoisotopic (exact) mass is 228 g/mol. The van der Waals surface area contributed by atoms with Gasteiger partial charge in [0, 0.05) is 13.1 Å². The first-order chi connectivity index (χ1) is 7.63. The Labute approximate surface area is 101 Å². The standard InChI is InChI=1S/C11H22N2O.C2H6/c1-4-10-6-5-7-13(8-10)11(14)9-12(2)3;1-2/h10H,4-9H2,1-3H3;1-2H3. The Balaban J connectivity index is 0.00000106. The van der Waals surface area contributed by atoms with Gasteiger partial charge in [0.1, 0.15) is 0 Å². The Bertz CT molecular complexity index is 192. The fraction of sp³-hybridized carbons (Fsp3) is 0.923. The number of nitrogens with zero attached hydrogens (tertiary/aromatic N) is 2. The van der Waals surface area contributed by atoms with Crippen LogP contribution in [0.1, 0.15) is 40.0 Å². The minimum Gasteiger partial charge on any atom is -0.341 e. The van der Waals surface area contributed by atoms with E-state index in [1.165, 1.54) is 19.3 Å². The lowest BCUT2D eigenvalue weighted by Gasteiger charge is -2.33. The number of carbonyl (C=O) groups excluding carboxylic acids is 1. The number of piperidine rings is 1. The number of likely N-dealkylation sites (tertiary alicyclic amines) is 1. The largest absolute Gasteiger partial charge is 0.341 e. The Morgan fingerprint density at radius 2 is 2.00 bits per heavy atom. The fourth-order valence-corrected chi connectivity index (χ4v) is 2.00. The van der Waals surface area contributed by atoms with Crippen LogP contribution in [0, 0.1) is 5.92 Å². The van der Waals surface area contributed by atoms with Crippen LogP contribution in [-0.2, 0) is 4.79 Å². The van der Waals surface area contributed by atoms with Gasteiger partial charge in [-0.3, -0.25) is 4.79 Å². The molecule has 0 aromatic rings. The van der Waals surface area contributed by atoms with Crippen LogP contribution >= 0.6 is 0 Å². The van der Waals surface area contributed by atoms with Crippen molar-refractivity contribution in [2.75, 3.05) is 33.7 Å². The van der Waals surface area contributed by atoms with Crippen molar-refractivity contribution in [3.63, 3.8) is 0 Å². The average molecular weight is 228 g/mol. The minimum atomic E-state index is 0.285. The van der Waals surface area contributed by atoms with Crippen molar-refractivity contribution in [3.8, 4) is 0 Å². The van der Waals surface area contributed by atoms with Gasteiger partial charge in [0.2, 0.25) is 5.91 Å². The van der Waals surface area contributed by atoms with Crippen LogP contribution in [0.25, 0.3) is 0 Å². The normalized spacial score (nSPS) is 20.4. The summed E-state index contributed by atoms with van der Waals surface area (Å²) in [6.45, 7) is 8.70. The van der Waals surface area contributed by atoms with Crippen LogP contribution in [0.4, 0.5) is 0 Å². The number of carbonyl (C=O) groups is 1. The SMILES string of the molecule is CC.CCC1CCCN(C(=O)CN(C)C)C1. The second-order valence-electron chi connectivity index (χ2n) is 4.49. The number of likely N-dealkylation sites (N-methyl/N-ethyl adjacent to an activating group) is 1. The summed E-state index contributed by atoms with van der Waals surface area (Å²) in [7, 11) is 3.89. The molecule has 16 heavy (non-hydrogen) atoms. The topological polar surface area (TPSA) is 23.6 Å². The van der Waals surface area contributed by atoms with E-state index in [0.29, 0.717) is 6.54 Å². The number of hydrogen-bond donors (Lipinski definition) is 0. The molecule has 1 fully saturated rings. The summed E-state index contributed by atoms with van der Waals surface area (Å²) >= 11 is 0. The Hall–Kier alpha value is -0.570. The zero-order valence-electron chi connectivity index (χ0n) is 11.6. The molecule has 0 spiro atoms. The molecule has 0 aromatic carbocycles. The first-order valence-corrected chi connectivity index (χ1v) is 6.56. The molecule has 0 aromatic heterocycles. The molecular formula is C13H28N2O. The number of amides is 1. The molecular weight excluding hydrogens is 200 g/mol. The lowest BCUT2D eigenvalue weighted by atomic mass is 9.95. The molecule has 1 unspecified atom stereocenters. The molecule has 1 saturated heterocycles. The van der Waals surface area contributed by atoms with E-state index < -0.39 is 0 Å². The van der Waals surface area contributed by atoms with E-state index in [4.69, 9.17) is 0 Å². The zero-order valence-corrected chi connectivity index (χ0v) is 11.6. The van der Waals surface area contributed by atoms with Crippen molar-refractivity contribution < 1.29 is 4.79 Å². The maximum Gasteiger partial charge on any atom is 0.236 e. The molecule has 0 radical (unpaired) electrons. The second-order valence-corrected chi connectivity index (χ2v) is 4.49. The van der Waals surface area contributed by atoms with Crippen molar-refractivity contribution in [1.82, 2.24) is 9.80 Å². The van der Waals surface area contributed by atoms with Crippen LogP contribution in [-0.4, -0.2) is 49.4 Å². The van der Waals surface area contributed by atoms with Crippen LogP contribution in [0.2, 0.25) is 0 Å². The van der Waals surface area contributed by atoms with Crippen LogP contribution in [0.15, 0.2) is 0 Å². The lowest BCUT2D eigenvalue weighted by Crippen LogP contribution is -2.43. The van der Waals surface area contributed by atoms with Gasteiger partial charge in [0.15, 0.2) is 0 Å². The number of hydrogen-bond acceptors (Lipinski definition) is 2. The van der Waals surface area contributed by atoms with Gasteiger partial charge in [-0.1, -0.05) is 27.2 Å². The van der Waals surface area contributed by atoms with Crippen molar-refractivity contribution in [2.24, 2.45) is 5.92 Å². The predicted molar refractivity (Wildman–Crippen MR) is 69.5 cm³/mol. The van der Waals surface area contributed by atoms with E-state index in [-0.39, 0.29) is 5.91 Å². The lowest BCUT2D eigenvalue weighted by molar-refractivity contribution is -0.133. The van der Waals surface area contributed by atoms with Gasteiger partial charge in [-0.05, 0) is 32.9 Å². The van der Waals surface area contributed by atoms with Crippen molar-refractivity contribution >= 4 is 5.91 Å². The average Bonchev–Trinajstić information content (AvgIpc) is 2.31. The molecule has 0 bridgehead atoms. The highest BCUT2D eigenvalue weighted by molar-refractivity contribution is 5.78. The molecule has 1 amide bonds. The minimum absolute atomic E-state index is 0.285. The van der Waals surface area contributed by atoms with Gasteiger partial charge in [0.05, 0.1) is 6.54 Å². The quantitative estimate of drug-likeness (QED) is 0.739. The molecule has 1 aliphatic rings. The first kappa shape index (κ1) is 15.4. The summed E-state index contributed by atoms with van der Waals surface area (Å²) in [6, 6.07) is 0. The van der Waals surface area contributed by atoms with Crippen molar-refractivity contribution in [1.29, 1.82) is 0 Å². The summed E-state index contributed by atoms with van der Waals surface area (Å²) in [5.74, 6) is 1.02. The summed E-state index contributed by atoms with van der Waals surface area (Å²) in [4.78, 5) is 15.7. The maximum atomic E-state index is 11.8. The van der Waals surface area contributed by atoms with E-state index in [9.17, 15) is 4.79 Å². The highest BCUT2D eigenvalue weighted by Crippen LogP contribution is 2.18. The van der Waals surface area contributed by atoms with Gasteiger partial charge >= 0.3 is 0 Å². The summed E-state index contributed by atoms with van der Waals surface area (Å²) in [5.41, 5.74) is 0. The molecule has 3 nitrogen and oxygen atoms in total. The molecule has 96 valence electrons. The molecule has 1 heterocycles.